The number of hydrogen-bond donors (Lipinski definition) is 0. The maximum Gasteiger partial charge on any atom is 0.308 e. The number of hydrogen-bond acceptors (Lipinski definition) is 4. The van der Waals surface area contributed by atoms with E-state index in [0.29, 0.717) is 27.9 Å². The molecule has 0 saturated carbocycles. The lowest BCUT2D eigenvalue weighted by atomic mass is 10.1. The molecular weight excluding hydrogens is 353 g/mol. The maximum absolute atomic E-state index is 12.2. The third-order valence-corrected chi connectivity index (χ3v) is 4.23. The topological polar surface area (TPSA) is 55.8 Å². The molecule has 7 heteroatoms. The van der Waals surface area contributed by atoms with Crippen LogP contribution in [0.15, 0.2) is 24.3 Å². The van der Waals surface area contributed by atoms with E-state index >= 15 is 0 Å². The number of anilines is 2. The fourth-order valence-corrected chi connectivity index (χ4v) is 2.86. The van der Waals surface area contributed by atoms with Gasteiger partial charge in [-0.1, -0.05) is 23.2 Å². The Morgan fingerprint density at radius 2 is 1.58 bits per heavy atom. The van der Waals surface area contributed by atoms with Crippen molar-refractivity contribution in [1.29, 1.82) is 0 Å². The van der Waals surface area contributed by atoms with Crippen LogP contribution in [0.1, 0.15) is 19.4 Å². The number of carbonyl (C=O) groups is 2. The zero-order valence-electron chi connectivity index (χ0n) is 13.1. The Morgan fingerprint density at radius 3 is 2.17 bits per heavy atom. The minimum Gasteiger partial charge on any atom is -0.453 e. The molecule has 0 aromatic heterocycles. The molecule has 0 spiro atoms. The van der Waals surface area contributed by atoms with Crippen molar-refractivity contribution in [3.63, 3.8) is 0 Å². The van der Waals surface area contributed by atoms with E-state index in [1.165, 1.54) is 30.9 Å². The molecule has 3 rings (SSSR count). The van der Waals surface area contributed by atoms with E-state index in [-0.39, 0.29) is 16.7 Å². The maximum atomic E-state index is 12.2. The summed E-state index contributed by atoms with van der Waals surface area (Å²) in [6.07, 6.45) is 0. The number of carbonyl (C=O) groups excluding carboxylic acids is 2. The number of rotatable bonds is 1. The molecule has 2 aromatic carbocycles. The number of nitrogens with zero attached hydrogens (tertiary/aromatic N) is 1. The molecule has 1 aliphatic heterocycles. The summed E-state index contributed by atoms with van der Waals surface area (Å²) in [6, 6.07) is 6.43. The van der Waals surface area contributed by atoms with Crippen molar-refractivity contribution < 1.29 is 19.1 Å². The molecular formula is C17H13Cl2NO4. The molecule has 0 radical (unpaired) electrons. The number of fused-ring (bicyclic) bond motifs is 2. The third-order valence-electron chi connectivity index (χ3n) is 3.52. The number of ether oxygens (including phenoxy) is 2. The lowest BCUT2D eigenvalue weighted by Crippen LogP contribution is -2.26. The SMILES string of the molecule is CC(=O)Oc1cc2c(cc1Cl)N(C(C)=O)c1cc(Cl)c(C)cc1O2. The fraction of sp³-hybridized carbons (Fsp3) is 0.176. The Labute approximate surface area is 148 Å². The van der Waals surface area contributed by atoms with Crippen LogP contribution in [0.4, 0.5) is 11.4 Å². The van der Waals surface area contributed by atoms with Crippen molar-refractivity contribution in [2.75, 3.05) is 4.90 Å². The Morgan fingerprint density at radius 1 is 1.00 bits per heavy atom. The van der Waals surface area contributed by atoms with Gasteiger partial charge in [0.2, 0.25) is 5.91 Å². The van der Waals surface area contributed by atoms with Crippen LogP contribution in [0.5, 0.6) is 17.2 Å². The lowest BCUT2D eigenvalue weighted by Gasteiger charge is -2.31. The highest BCUT2D eigenvalue weighted by atomic mass is 35.5. The quantitative estimate of drug-likeness (QED) is 0.525. The van der Waals surface area contributed by atoms with Gasteiger partial charge in [-0.2, -0.15) is 0 Å². The first kappa shape index (κ1) is 16.6. The number of benzene rings is 2. The Bertz CT molecular complexity index is 879. The molecule has 1 amide bonds. The zero-order chi connectivity index (χ0) is 17.6. The molecule has 1 heterocycles. The van der Waals surface area contributed by atoms with E-state index in [9.17, 15) is 9.59 Å². The number of amides is 1. The summed E-state index contributed by atoms with van der Waals surface area (Å²) in [7, 11) is 0. The summed E-state index contributed by atoms with van der Waals surface area (Å²) in [4.78, 5) is 24.8. The third kappa shape index (κ3) is 2.81. The average Bonchev–Trinajstić information content (AvgIpc) is 2.47. The van der Waals surface area contributed by atoms with Gasteiger partial charge in [0.05, 0.1) is 16.4 Å². The molecule has 0 aliphatic carbocycles. The van der Waals surface area contributed by atoms with Gasteiger partial charge in [-0.25, -0.2) is 0 Å². The first-order valence-electron chi connectivity index (χ1n) is 7.08. The minimum absolute atomic E-state index is 0.167. The Balaban J connectivity index is 2.19. The number of aryl methyl sites for hydroxylation is 1. The van der Waals surface area contributed by atoms with Gasteiger partial charge in [0.25, 0.3) is 0 Å². The molecule has 0 unspecified atom stereocenters. The number of halogens is 2. The normalized spacial score (nSPS) is 12.1. The summed E-state index contributed by atoms with van der Waals surface area (Å²) < 4.78 is 10.9. The predicted molar refractivity (Wildman–Crippen MR) is 91.8 cm³/mol. The molecule has 2 aromatic rings. The Kier molecular flexibility index (Phi) is 4.15. The fourth-order valence-electron chi connectivity index (χ4n) is 2.50. The average molecular weight is 366 g/mol. The van der Waals surface area contributed by atoms with Crippen molar-refractivity contribution in [2.24, 2.45) is 0 Å². The molecule has 0 saturated heterocycles. The van der Waals surface area contributed by atoms with Crippen LogP contribution < -0.4 is 14.4 Å². The monoisotopic (exact) mass is 365 g/mol. The highest BCUT2D eigenvalue weighted by Crippen LogP contribution is 2.50. The van der Waals surface area contributed by atoms with Crippen LogP contribution in [-0.4, -0.2) is 11.9 Å². The van der Waals surface area contributed by atoms with Crippen molar-refractivity contribution in [3.8, 4) is 17.2 Å². The summed E-state index contributed by atoms with van der Waals surface area (Å²) in [5.74, 6) is 0.285. The molecule has 0 N–H and O–H groups in total. The first-order chi connectivity index (χ1) is 11.3. The van der Waals surface area contributed by atoms with E-state index in [0.717, 1.165) is 5.56 Å². The van der Waals surface area contributed by atoms with Crippen LogP contribution in [0.3, 0.4) is 0 Å². The van der Waals surface area contributed by atoms with Gasteiger partial charge in [-0.3, -0.25) is 14.5 Å². The van der Waals surface area contributed by atoms with Crippen molar-refractivity contribution >= 4 is 46.5 Å². The second-order valence-corrected chi connectivity index (χ2v) is 6.18. The molecule has 0 bridgehead atoms. The van der Waals surface area contributed by atoms with Crippen molar-refractivity contribution in [1.82, 2.24) is 0 Å². The zero-order valence-corrected chi connectivity index (χ0v) is 14.7. The molecule has 5 nitrogen and oxygen atoms in total. The summed E-state index contributed by atoms with van der Waals surface area (Å²) >= 11 is 12.3. The molecule has 0 fully saturated rings. The van der Waals surface area contributed by atoms with Crippen LogP contribution >= 0.6 is 23.2 Å². The smallest absolute Gasteiger partial charge is 0.308 e. The molecule has 0 atom stereocenters. The lowest BCUT2D eigenvalue weighted by molar-refractivity contribution is -0.131. The second-order valence-electron chi connectivity index (χ2n) is 5.37. The largest absolute Gasteiger partial charge is 0.453 e. The summed E-state index contributed by atoms with van der Waals surface area (Å²) in [6.45, 7) is 4.55. The summed E-state index contributed by atoms with van der Waals surface area (Å²) in [5, 5.41) is 0.718. The van der Waals surface area contributed by atoms with Crippen molar-refractivity contribution in [2.45, 2.75) is 20.8 Å². The van der Waals surface area contributed by atoms with Crippen LogP contribution in [0.2, 0.25) is 10.0 Å². The number of esters is 1. The predicted octanol–water partition coefficient (Wildman–Crippen LogP) is 5.02. The van der Waals surface area contributed by atoms with Crippen molar-refractivity contribution in [3.05, 3.63) is 39.9 Å². The first-order valence-corrected chi connectivity index (χ1v) is 7.84. The van der Waals surface area contributed by atoms with Crippen LogP contribution in [0.25, 0.3) is 0 Å². The standard InChI is InChI=1S/C17H13Cl2NO4/c1-8-4-16-13(5-11(8)18)20(9(2)21)14-6-12(19)15(23-10(3)22)7-17(14)24-16/h4-7H,1-3H3. The highest BCUT2D eigenvalue weighted by Gasteiger charge is 2.30. The molecule has 1 aliphatic rings. The molecule has 24 heavy (non-hydrogen) atoms. The van der Waals surface area contributed by atoms with E-state index < -0.39 is 5.97 Å². The summed E-state index contributed by atoms with van der Waals surface area (Å²) in [5.41, 5.74) is 1.80. The highest BCUT2D eigenvalue weighted by molar-refractivity contribution is 6.33. The van der Waals surface area contributed by atoms with E-state index in [2.05, 4.69) is 0 Å². The van der Waals surface area contributed by atoms with E-state index in [1.807, 2.05) is 6.92 Å². The van der Waals surface area contributed by atoms with Crippen LogP contribution in [0, 0.1) is 6.92 Å². The molecule has 124 valence electrons. The second kappa shape index (κ2) is 6.00. The van der Waals surface area contributed by atoms with Gasteiger partial charge in [0.15, 0.2) is 17.2 Å². The van der Waals surface area contributed by atoms with E-state index in [4.69, 9.17) is 32.7 Å². The minimum atomic E-state index is -0.501. The van der Waals surface area contributed by atoms with Gasteiger partial charge in [-0.05, 0) is 30.7 Å². The van der Waals surface area contributed by atoms with Gasteiger partial charge in [-0.15, -0.1) is 0 Å². The van der Waals surface area contributed by atoms with Gasteiger partial charge in [0, 0.05) is 24.9 Å². The van der Waals surface area contributed by atoms with Gasteiger partial charge >= 0.3 is 5.97 Å². The Hall–Kier alpha value is -2.24. The van der Waals surface area contributed by atoms with Gasteiger partial charge < -0.3 is 9.47 Å². The van der Waals surface area contributed by atoms with Gasteiger partial charge in [0.1, 0.15) is 0 Å². The van der Waals surface area contributed by atoms with Crippen LogP contribution in [-0.2, 0) is 9.59 Å². The van der Waals surface area contributed by atoms with E-state index in [1.54, 1.807) is 12.1 Å².